The first-order valence-corrected chi connectivity index (χ1v) is 10.5. The molecule has 0 amide bonds. The van der Waals surface area contributed by atoms with Crippen LogP contribution in [0, 0.1) is 6.92 Å². The van der Waals surface area contributed by atoms with Gasteiger partial charge in [0.15, 0.2) is 5.96 Å². The molecular formula is C21H38IN5O. The SMILES string of the molecule is CN=C(NCCCCn1c(C)cccc1=O)NCCCN1CCCCCC1.I. The number of pyridine rings is 1. The Hall–Kier alpha value is -1.09. The zero-order valence-corrected chi connectivity index (χ0v) is 19.9. The van der Waals surface area contributed by atoms with Crippen LogP contribution in [-0.2, 0) is 6.54 Å². The van der Waals surface area contributed by atoms with Crippen LogP contribution in [0.1, 0.15) is 50.6 Å². The van der Waals surface area contributed by atoms with Gasteiger partial charge in [-0.3, -0.25) is 9.79 Å². The highest BCUT2D eigenvalue weighted by molar-refractivity contribution is 14.0. The molecule has 1 fully saturated rings. The van der Waals surface area contributed by atoms with Crippen LogP contribution in [0.4, 0.5) is 0 Å². The maximum atomic E-state index is 11.9. The maximum absolute atomic E-state index is 11.9. The minimum Gasteiger partial charge on any atom is -0.356 e. The molecule has 1 aromatic heterocycles. The number of unbranched alkanes of at least 4 members (excludes halogenated alkanes) is 1. The van der Waals surface area contributed by atoms with E-state index >= 15 is 0 Å². The monoisotopic (exact) mass is 503 g/mol. The molecule has 0 aromatic carbocycles. The predicted molar refractivity (Wildman–Crippen MR) is 129 cm³/mol. The third kappa shape index (κ3) is 9.41. The molecular weight excluding hydrogens is 465 g/mol. The van der Waals surface area contributed by atoms with Gasteiger partial charge < -0.3 is 20.1 Å². The summed E-state index contributed by atoms with van der Waals surface area (Å²) in [7, 11) is 1.82. The molecule has 1 aliphatic heterocycles. The highest BCUT2D eigenvalue weighted by Gasteiger charge is 2.08. The number of rotatable bonds is 9. The van der Waals surface area contributed by atoms with Crippen molar-refractivity contribution >= 4 is 29.9 Å². The quantitative estimate of drug-likeness (QED) is 0.236. The third-order valence-electron chi connectivity index (χ3n) is 5.23. The summed E-state index contributed by atoms with van der Waals surface area (Å²) in [4.78, 5) is 18.7. The number of aliphatic imine (C=N–C) groups is 1. The molecule has 0 saturated carbocycles. The van der Waals surface area contributed by atoms with Crippen LogP contribution in [0.3, 0.4) is 0 Å². The number of aryl methyl sites for hydroxylation is 1. The van der Waals surface area contributed by atoms with Crippen LogP contribution in [-0.4, -0.2) is 55.2 Å². The standard InChI is InChI=1S/C21H37N5O.HI/c1-19-11-9-12-20(27)26(19)18-8-5-13-23-21(22-2)24-14-10-17-25-15-6-3-4-7-16-25;/h9,11-12H,3-8,10,13-18H2,1-2H3,(H2,22,23,24);1H. The van der Waals surface area contributed by atoms with Crippen LogP contribution >= 0.6 is 24.0 Å². The Morgan fingerprint density at radius 1 is 1.00 bits per heavy atom. The largest absolute Gasteiger partial charge is 0.356 e. The van der Waals surface area contributed by atoms with Crippen molar-refractivity contribution in [3.8, 4) is 0 Å². The zero-order chi connectivity index (χ0) is 19.3. The number of aromatic nitrogens is 1. The van der Waals surface area contributed by atoms with Gasteiger partial charge in [-0.25, -0.2) is 0 Å². The summed E-state index contributed by atoms with van der Waals surface area (Å²) in [5.74, 6) is 0.874. The summed E-state index contributed by atoms with van der Waals surface area (Å²) in [5.41, 5.74) is 1.11. The smallest absolute Gasteiger partial charge is 0.250 e. The summed E-state index contributed by atoms with van der Waals surface area (Å²) in [6.45, 7) is 8.27. The molecule has 6 nitrogen and oxygen atoms in total. The molecule has 2 rings (SSSR count). The first kappa shape index (κ1) is 24.9. The number of nitrogens with one attached hydrogen (secondary N) is 2. The lowest BCUT2D eigenvalue weighted by Gasteiger charge is -2.20. The van der Waals surface area contributed by atoms with Gasteiger partial charge in [0.2, 0.25) is 0 Å². The third-order valence-corrected chi connectivity index (χ3v) is 5.23. The normalized spacial score (nSPS) is 15.6. The fourth-order valence-electron chi connectivity index (χ4n) is 3.60. The molecule has 2 heterocycles. The van der Waals surface area contributed by atoms with Gasteiger partial charge in [-0.2, -0.15) is 0 Å². The molecule has 0 unspecified atom stereocenters. The van der Waals surface area contributed by atoms with E-state index in [0.29, 0.717) is 0 Å². The number of nitrogens with zero attached hydrogens (tertiary/aromatic N) is 3. The van der Waals surface area contributed by atoms with Crippen LogP contribution in [0.2, 0.25) is 0 Å². The molecule has 28 heavy (non-hydrogen) atoms. The second-order valence-electron chi connectivity index (χ2n) is 7.40. The van der Waals surface area contributed by atoms with Crippen molar-refractivity contribution in [1.82, 2.24) is 20.1 Å². The number of hydrogen-bond donors (Lipinski definition) is 2. The van der Waals surface area contributed by atoms with Gasteiger partial charge in [0.25, 0.3) is 5.56 Å². The van der Waals surface area contributed by atoms with Crippen LogP contribution < -0.4 is 16.2 Å². The summed E-state index contributed by atoms with van der Waals surface area (Å²) < 4.78 is 1.84. The van der Waals surface area contributed by atoms with Crippen LogP contribution in [0.25, 0.3) is 0 Å². The van der Waals surface area contributed by atoms with E-state index in [4.69, 9.17) is 0 Å². The van der Waals surface area contributed by atoms with Gasteiger partial charge in [-0.15, -0.1) is 24.0 Å². The van der Waals surface area contributed by atoms with E-state index in [2.05, 4.69) is 20.5 Å². The summed E-state index contributed by atoms with van der Waals surface area (Å²) in [6, 6.07) is 5.43. The fourth-order valence-corrected chi connectivity index (χ4v) is 3.60. The van der Waals surface area contributed by atoms with Gasteiger partial charge in [0.1, 0.15) is 0 Å². The Morgan fingerprint density at radius 3 is 2.32 bits per heavy atom. The Bertz CT molecular complexity index is 623. The molecule has 160 valence electrons. The zero-order valence-electron chi connectivity index (χ0n) is 17.6. The second kappa shape index (κ2) is 14.8. The molecule has 0 atom stereocenters. The number of likely N-dealkylation sites (tertiary alicyclic amines) is 1. The summed E-state index contributed by atoms with van der Waals surface area (Å²) in [6.07, 6.45) is 8.63. The molecule has 1 aromatic rings. The van der Waals surface area contributed by atoms with Crippen molar-refractivity contribution in [2.45, 2.75) is 58.4 Å². The van der Waals surface area contributed by atoms with E-state index in [-0.39, 0.29) is 29.5 Å². The van der Waals surface area contributed by atoms with Crippen molar-refractivity contribution in [2.24, 2.45) is 4.99 Å². The van der Waals surface area contributed by atoms with E-state index in [1.165, 1.54) is 45.3 Å². The Kier molecular flexibility index (Phi) is 13.2. The fraction of sp³-hybridized carbons (Fsp3) is 0.714. The van der Waals surface area contributed by atoms with E-state index < -0.39 is 0 Å². The van der Waals surface area contributed by atoms with E-state index in [9.17, 15) is 4.79 Å². The van der Waals surface area contributed by atoms with Gasteiger partial charge in [0, 0.05) is 38.4 Å². The topological polar surface area (TPSA) is 61.7 Å². The van der Waals surface area contributed by atoms with Gasteiger partial charge in [-0.1, -0.05) is 18.9 Å². The Balaban J connectivity index is 0.00000392. The average Bonchev–Trinajstić information content (AvgIpc) is 2.94. The van der Waals surface area contributed by atoms with Crippen molar-refractivity contribution in [3.63, 3.8) is 0 Å². The van der Waals surface area contributed by atoms with Crippen molar-refractivity contribution in [2.75, 3.05) is 39.8 Å². The van der Waals surface area contributed by atoms with Crippen LogP contribution in [0.15, 0.2) is 28.0 Å². The minimum absolute atomic E-state index is 0. The summed E-state index contributed by atoms with van der Waals surface area (Å²) >= 11 is 0. The van der Waals surface area contributed by atoms with Crippen molar-refractivity contribution in [3.05, 3.63) is 34.2 Å². The molecule has 0 bridgehead atoms. The molecule has 1 aliphatic rings. The van der Waals surface area contributed by atoms with Gasteiger partial charge >= 0.3 is 0 Å². The van der Waals surface area contributed by atoms with Gasteiger partial charge in [0.05, 0.1) is 0 Å². The molecule has 0 radical (unpaired) electrons. The first-order valence-electron chi connectivity index (χ1n) is 10.5. The highest BCUT2D eigenvalue weighted by atomic mass is 127. The van der Waals surface area contributed by atoms with Crippen molar-refractivity contribution < 1.29 is 0 Å². The Labute approximate surface area is 187 Å². The van der Waals surface area contributed by atoms with E-state index in [1.807, 2.05) is 30.7 Å². The molecule has 0 aliphatic carbocycles. The maximum Gasteiger partial charge on any atom is 0.250 e. The average molecular weight is 503 g/mol. The predicted octanol–water partition coefficient (Wildman–Crippen LogP) is 2.99. The lowest BCUT2D eigenvalue weighted by molar-refractivity contribution is 0.282. The van der Waals surface area contributed by atoms with E-state index in [1.54, 1.807) is 6.07 Å². The van der Waals surface area contributed by atoms with E-state index in [0.717, 1.165) is 50.6 Å². The minimum atomic E-state index is 0. The highest BCUT2D eigenvalue weighted by Crippen LogP contribution is 2.09. The number of guanidine groups is 1. The van der Waals surface area contributed by atoms with Crippen LogP contribution in [0.5, 0.6) is 0 Å². The lowest BCUT2D eigenvalue weighted by atomic mass is 10.2. The second-order valence-corrected chi connectivity index (χ2v) is 7.40. The van der Waals surface area contributed by atoms with Crippen molar-refractivity contribution in [1.29, 1.82) is 0 Å². The molecule has 0 spiro atoms. The molecule has 1 saturated heterocycles. The summed E-state index contributed by atoms with van der Waals surface area (Å²) in [5, 5.41) is 6.78. The lowest BCUT2D eigenvalue weighted by Crippen LogP contribution is -2.39. The molecule has 7 heteroatoms. The Morgan fingerprint density at radius 2 is 1.68 bits per heavy atom. The van der Waals surface area contributed by atoms with Gasteiger partial charge in [-0.05, 0) is 64.7 Å². The number of hydrogen-bond acceptors (Lipinski definition) is 3. The molecule has 2 N–H and O–H groups in total. The number of halogens is 1. The first-order chi connectivity index (χ1) is 13.2.